The number of nitrogens with one attached hydrogen (secondary N) is 2. The van der Waals surface area contributed by atoms with Crippen molar-refractivity contribution in [3.8, 4) is 0 Å². The number of rotatable bonds is 7. The van der Waals surface area contributed by atoms with Gasteiger partial charge in [-0.25, -0.2) is 14.5 Å². The summed E-state index contributed by atoms with van der Waals surface area (Å²) in [6, 6.07) is 15.0. The Balaban J connectivity index is 1.51. The summed E-state index contributed by atoms with van der Waals surface area (Å²) in [6.07, 6.45) is 1.62. The molecule has 4 N–H and O–H groups in total. The zero-order chi connectivity index (χ0) is 19.1. The SMILES string of the molecule is Nn1c(N/N=C/c2ccccc2)nnc1SCC(=O)Nc1ccc(F)cc1. The molecule has 138 valence electrons. The van der Waals surface area contributed by atoms with Crippen molar-refractivity contribution >= 4 is 35.5 Å². The molecule has 10 heteroatoms. The van der Waals surface area contributed by atoms with E-state index in [2.05, 4.69) is 26.0 Å². The molecule has 0 atom stereocenters. The number of carbonyl (C=O) groups is 1. The Kier molecular flexibility index (Phi) is 6.00. The third-order valence-corrected chi connectivity index (χ3v) is 4.25. The topological polar surface area (TPSA) is 110 Å². The zero-order valence-electron chi connectivity index (χ0n) is 14.0. The first-order valence-corrected chi connectivity index (χ1v) is 8.83. The van der Waals surface area contributed by atoms with Crippen molar-refractivity contribution in [3.05, 3.63) is 66.0 Å². The van der Waals surface area contributed by atoms with Gasteiger partial charge < -0.3 is 11.2 Å². The quantitative estimate of drug-likeness (QED) is 0.249. The highest BCUT2D eigenvalue weighted by molar-refractivity contribution is 7.99. The van der Waals surface area contributed by atoms with Crippen LogP contribution in [-0.2, 0) is 4.79 Å². The molecule has 2 aromatic carbocycles. The molecule has 1 amide bonds. The lowest BCUT2D eigenvalue weighted by Crippen LogP contribution is -2.16. The molecule has 0 fully saturated rings. The van der Waals surface area contributed by atoms with Gasteiger partial charge in [-0.1, -0.05) is 42.1 Å². The molecule has 3 aromatic rings. The lowest BCUT2D eigenvalue weighted by molar-refractivity contribution is -0.113. The average Bonchev–Trinajstić information content (AvgIpc) is 3.03. The predicted molar refractivity (Wildman–Crippen MR) is 104 cm³/mol. The van der Waals surface area contributed by atoms with Crippen LogP contribution < -0.4 is 16.6 Å². The number of carbonyl (C=O) groups excluding carboxylic acids is 1. The number of nitrogens with zero attached hydrogens (tertiary/aromatic N) is 4. The van der Waals surface area contributed by atoms with Crippen LogP contribution in [0.3, 0.4) is 0 Å². The van der Waals surface area contributed by atoms with E-state index in [9.17, 15) is 9.18 Å². The van der Waals surface area contributed by atoms with Gasteiger partial charge in [0.1, 0.15) is 5.82 Å². The highest BCUT2D eigenvalue weighted by Crippen LogP contribution is 2.17. The third-order valence-electron chi connectivity index (χ3n) is 3.30. The van der Waals surface area contributed by atoms with Gasteiger partial charge >= 0.3 is 0 Å². The van der Waals surface area contributed by atoms with E-state index < -0.39 is 0 Å². The van der Waals surface area contributed by atoms with E-state index in [0.717, 1.165) is 17.3 Å². The molecule has 27 heavy (non-hydrogen) atoms. The van der Waals surface area contributed by atoms with Crippen LogP contribution in [0, 0.1) is 5.82 Å². The van der Waals surface area contributed by atoms with Crippen molar-refractivity contribution in [1.29, 1.82) is 0 Å². The van der Waals surface area contributed by atoms with Crippen LogP contribution in [0.5, 0.6) is 0 Å². The maximum atomic E-state index is 12.9. The Hall–Kier alpha value is -3.40. The van der Waals surface area contributed by atoms with E-state index in [4.69, 9.17) is 5.84 Å². The Morgan fingerprint density at radius 3 is 2.67 bits per heavy atom. The second-order valence-corrected chi connectivity index (χ2v) is 6.24. The number of halogens is 1. The molecular weight excluding hydrogens is 369 g/mol. The monoisotopic (exact) mass is 385 g/mol. The lowest BCUT2D eigenvalue weighted by Gasteiger charge is -2.05. The summed E-state index contributed by atoms with van der Waals surface area (Å²) in [5.74, 6) is 5.57. The average molecular weight is 385 g/mol. The van der Waals surface area contributed by atoms with Crippen LogP contribution in [-0.4, -0.2) is 32.7 Å². The third kappa shape index (κ3) is 5.28. The van der Waals surface area contributed by atoms with Crippen molar-refractivity contribution in [2.45, 2.75) is 5.16 Å². The molecule has 0 aliphatic heterocycles. The van der Waals surface area contributed by atoms with Gasteiger partial charge in [-0.3, -0.25) is 4.79 Å². The van der Waals surface area contributed by atoms with Crippen molar-refractivity contribution in [1.82, 2.24) is 14.9 Å². The molecule has 0 radical (unpaired) electrons. The zero-order valence-corrected chi connectivity index (χ0v) is 14.9. The van der Waals surface area contributed by atoms with Gasteiger partial charge in [-0.05, 0) is 29.8 Å². The highest BCUT2D eigenvalue weighted by atomic mass is 32.2. The molecule has 1 aromatic heterocycles. The predicted octanol–water partition coefficient (Wildman–Crippen LogP) is 2.31. The van der Waals surface area contributed by atoms with E-state index in [1.807, 2.05) is 30.3 Å². The minimum absolute atomic E-state index is 0.0694. The second kappa shape index (κ2) is 8.81. The summed E-state index contributed by atoms with van der Waals surface area (Å²) in [5.41, 5.74) is 4.12. The fourth-order valence-corrected chi connectivity index (χ4v) is 2.67. The minimum atomic E-state index is -0.367. The number of amides is 1. The standard InChI is InChI=1S/C17H16FN7OS/c18-13-6-8-14(9-7-13)21-15(26)11-27-17-24-23-16(25(17)19)22-20-10-12-4-2-1-3-5-12/h1-10H,11,19H2,(H,21,26)(H,22,23)/b20-10+. The van der Waals surface area contributed by atoms with Gasteiger partial charge in [-0.15, -0.1) is 10.2 Å². The molecule has 0 aliphatic rings. The normalized spacial score (nSPS) is 10.9. The molecule has 1 heterocycles. The molecule has 0 saturated carbocycles. The minimum Gasteiger partial charge on any atom is -0.334 e. The molecule has 0 saturated heterocycles. The molecule has 0 bridgehead atoms. The van der Waals surface area contributed by atoms with Crippen molar-refractivity contribution in [3.63, 3.8) is 0 Å². The summed E-state index contributed by atoms with van der Waals surface area (Å²) in [6.45, 7) is 0. The summed E-state index contributed by atoms with van der Waals surface area (Å²) < 4.78 is 14.1. The number of hydrazone groups is 1. The van der Waals surface area contributed by atoms with E-state index in [-0.39, 0.29) is 23.4 Å². The number of anilines is 2. The Labute approximate surface area is 158 Å². The maximum absolute atomic E-state index is 12.9. The highest BCUT2D eigenvalue weighted by Gasteiger charge is 2.12. The Bertz CT molecular complexity index is 928. The number of benzene rings is 2. The Morgan fingerprint density at radius 2 is 1.93 bits per heavy atom. The van der Waals surface area contributed by atoms with Crippen molar-refractivity contribution in [2.75, 3.05) is 22.3 Å². The molecule has 0 aliphatic carbocycles. The number of hydrogen-bond acceptors (Lipinski definition) is 7. The lowest BCUT2D eigenvalue weighted by atomic mass is 10.2. The van der Waals surface area contributed by atoms with E-state index in [1.54, 1.807) is 6.21 Å². The largest absolute Gasteiger partial charge is 0.334 e. The van der Waals surface area contributed by atoms with Gasteiger partial charge in [0.05, 0.1) is 12.0 Å². The van der Waals surface area contributed by atoms with Crippen LogP contribution in [0.4, 0.5) is 16.0 Å². The molecule has 0 spiro atoms. The first-order valence-electron chi connectivity index (χ1n) is 7.84. The summed E-state index contributed by atoms with van der Waals surface area (Å²) in [7, 11) is 0. The van der Waals surface area contributed by atoms with E-state index in [1.165, 1.54) is 28.9 Å². The molecule has 0 unspecified atom stereocenters. The van der Waals surface area contributed by atoms with Gasteiger partial charge in [0.15, 0.2) is 0 Å². The van der Waals surface area contributed by atoms with Crippen LogP contribution in [0.1, 0.15) is 5.56 Å². The number of aromatic nitrogens is 3. The van der Waals surface area contributed by atoms with E-state index in [0.29, 0.717) is 10.8 Å². The van der Waals surface area contributed by atoms with Crippen LogP contribution >= 0.6 is 11.8 Å². The maximum Gasteiger partial charge on any atom is 0.264 e. The first kappa shape index (κ1) is 18.4. The van der Waals surface area contributed by atoms with Crippen LogP contribution in [0.15, 0.2) is 64.9 Å². The van der Waals surface area contributed by atoms with Gasteiger partial charge in [0, 0.05) is 5.69 Å². The fraction of sp³-hybridized carbons (Fsp3) is 0.0588. The van der Waals surface area contributed by atoms with Gasteiger partial charge in [0.2, 0.25) is 11.1 Å². The smallest absolute Gasteiger partial charge is 0.264 e. The summed E-state index contributed by atoms with van der Waals surface area (Å²) in [5, 5.41) is 14.9. The van der Waals surface area contributed by atoms with E-state index >= 15 is 0 Å². The summed E-state index contributed by atoms with van der Waals surface area (Å²) >= 11 is 1.11. The molecule has 8 nitrogen and oxygen atoms in total. The van der Waals surface area contributed by atoms with Crippen molar-refractivity contribution < 1.29 is 9.18 Å². The second-order valence-electron chi connectivity index (χ2n) is 5.30. The molecule has 3 rings (SSSR count). The number of thioether (sulfide) groups is 1. The molecular formula is C17H16FN7OS. The fourth-order valence-electron chi connectivity index (χ4n) is 2.02. The van der Waals surface area contributed by atoms with Gasteiger partial charge in [0.25, 0.3) is 5.95 Å². The number of nitrogen functional groups attached to an aromatic ring is 1. The van der Waals surface area contributed by atoms with Crippen LogP contribution in [0.25, 0.3) is 0 Å². The summed E-state index contributed by atoms with van der Waals surface area (Å²) in [4.78, 5) is 12.0. The number of nitrogens with two attached hydrogens (primary N) is 1. The number of hydrogen-bond donors (Lipinski definition) is 3. The van der Waals surface area contributed by atoms with Gasteiger partial charge in [-0.2, -0.15) is 5.10 Å². The first-order chi connectivity index (χ1) is 13.1. The Morgan fingerprint density at radius 1 is 1.19 bits per heavy atom. The van der Waals surface area contributed by atoms with Crippen LogP contribution in [0.2, 0.25) is 0 Å². The van der Waals surface area contributed by atoms with Crippen molar-refractivity contribution in [2.24, 2.45) is 5.10 Å².